The number of nitrogens with zero attached hydrogens (tertiary/aromatic N) is 4. The average Bonchev–Trinajstić information content (AvgIpc) is 1.55. The molecular formula is C68H30F24N4. The maximum atomic E-state index is 14.9. The molecule has 0 saturated carbocycles. The first-order valence-electron chi connectivity index (χ1n) is 27.4. The Kier molecular flexibility index (Phi) is 15.3. The second-order valence-corrected chi connectivity index (χ2v) is 21.9. The summed E-state index contributed by atoms with van der Waals surface area (Å²) in [5.41, 5.74) is -20.3. The third-order valence-electron chi connectivity index (χ3n) is 16.1. The lowest BCUT2D eigenvalue weighted by molar-refractivity contribution is -0.144. The molecule has 28 heteroatoms. The van der Waals surface area contributed by atoms with E-state index in [0.29, 0.717) is 48.5 Å². The van der Waals surface area contributed by atoms with Gasteiger partial charge in [-0.3, -0.25) is 4.98 Å². The van der Waals surface area contributed by atoms with Crippen LogP contribution in [0.5, 0.6) is 0 Å². The SMILES string of the molecule is N#Cc1c(-n2c3ccc(-c4ccc(C(F)(F)F)cc4C(F)(F)F)cc3c3cc(-c4ccc(C(F)(F)F)cc4C(F)(F)F)ccc32)cc(-c2ccncc2)cc1-n1c2ccc(-c3ccc(C(F)(F)F)cc3C(F)(F)F)cc2c2cc(-c3ccc(C(F)(F)F)cc3C(F)(F)F)ccc21. The summed E-state index contributed by atoms with van der Waals surface area (Å²) >= 11 is 0. The Balaban J connectivity index is 1.19. The summed E-state index contributed by atoms with van der Waals surface area (Å²) in [6, 6.07) is 23.3. The van der Waals surface area contributed by atoms with Crippen molar-refractivity contribution in [3.8, 4) is 73.1 Å². The van der Waals surface area contributed by atoms with E-state index in [0.717, 1.165) is 72.8 Å². The fourth-order valence-electron chi connectivity index (χ4n) is 11.9. The second kappa shape index (κ2) is 22.3. The molecule has 12 rings (SSSR count). The van der Waals surface area contributed by atoms with E-state index in [1.807, 2.05) is 0 Å². The molecule has 0 unspecified atom stereocenters. The Morgan fingerprint density at radius 1 is 0.260 bits per heavy atom. The molecule has 3 aromatic heterocycles. The van der Waals surface area contributed by atoms with Crippen LogP contribution in [0.2, 0.25) is 0 Å². The van der Waals surface area contributed by atoms with Gasteiger partial charge in [-0.25, -0.2) is 0 Å². The van der Waals surface area contributed by atoms with Gasteiger partial charge in [0.2, 0.25) is 0 Å². The summed E-state index contributed by atoms with van der Waals surface area (Å²) in [6.45, 7) is 0. The Hall–Kier alpha value is -10.5. The average molecular weight is 1360 g/mol. The zero-order valence-corrected chi connectivity index (χ0v) is 47.2. The molecule has 0 aliphatic carbocycles. The molecule has 0 radical (unpaired) electrons. The lowest BCUT2D eigenvalue weighted by atomic mass is 9.94. The van der Waals surface area contributed by atoms with Gasteiger partial charge in [-0.2, -0.15) is 111 Å². The number of hydrogen-bond acceptors (Lipinski definition) is 2. The van der Waals surface area contributed by atoms with Crippen molar-refractivity contribution in [2.45, 2.75) is 49.4 Å². The number of rotatable bonds is 7. The Bertz CT molecular complexity index is 4620. The van der Waals surface area contributed by atoms with Gasteiger partial charge >= 0.3 is 49.4 Å². The number of benzene rings is 9. The van der Waals surface area contributed by atoms with Gasteiger partial charge in [0.15, 0.2) is 0 Å². The van der Waals surface area contributed by atoms with E-state index in [2.05, 4.69) is 11.1 Å². The highest BCUT2D eigenvalue weighted by Gasteiger charge is 2.43. The van der Waals surface area contributed by atoms with Gasteiger partial charge in [0.1, 0.15) is 11.6 Å². The van der Waals surface area contributed by atoms with Crippen LogP contribution in [-0.4, -0.2) is 14.1 Å². The molecule has 12 aromatic rings. The van der Waals surface area contributed by atoms with E-state index >= 15 is 0 Å². The maximum absolute atomic E-state index is 14.9. The molecule has 0 aliphatic rings. The van der Waals surface area contributed by atoms with Crippen molar-refractivity contribution in [2.24, 2.45) is 0 Å². The molecule has 0 aliphatic heterocycles. The summed E-state index contributed by atoms with van der Waals surface area (Å²) in [5, 5.41) is 10.8. The molecule has 0 atom stereocenters. The molecular weight excluding hydrogens is 1330 g/mol. The van der Waals surface area contributed by atoms with Gasteiger partial charge in [-0.05, 0) is 177 Å². The van der Waals surface area contributed by atoms with Crippen molar-refractivity contribution in [1.29, 1.82) is 5.26 Å². The Morgan fingerprint density at radius 2 is 0.510 bits per heavy atom. The van der Waals surface area contributed by atoms with Crippen LogP contribution in [0.25, 0.3) is 111 Å². The lowest BCUT2D eigenvalue weighted by Gasteiger charge is -2.19. The van der Waals surface area contributed by atoms with Crippen LogP contribution in [-0.2, 0) is 49.4 Å². The predicted molar refractivity (Wildman–Crippen MR) is 305 cm³/mol. The van der Waals surface area contributed by atoms with Crippen molar-refractivity contribution in [3.05, 3.63) is 232 Å². The minimum absolute atomic E-state index is 0.117. The smallest absolute Gasteiger partial charge is 0.308 e. The minimum Gasteiger partial charge on any atom is -0.308 e. The maximum Gasteiger partial charge on any atom is 0.417 e. The van der Waals surface area contributed by atoms with E-state index in [-0.39, 0.29) is 90.4 Å². The Morgan fingerprint density at radius 3 is 0.729 bits per heavy atom. The predicted octanol–water partition coefficient (Wildman–Crippen LogP) is 23.6. The number of halogens is 24. The second-order valence-electron chi connectivity index (χ2n) is 21.9. The van der Waals surface area contributed by atoms with Gasteiger partial charge in [0, 0.05) is 33.9 Å². The zero-order chi connectivity index (χ0) is 69.5. The van der Waals surface area contributed by atoms with Gasteiger partial charge in [-0.15, -0.1) is 0 Å². The highest BCUT2D eigenvalue weighted by molar-refractivity contribution is 6.14. The van der Waals surface area contributed by atoms with Gasteiger partial charge in [0.05, 0.1) is 77.9 Å². The summed E-state index contributed by atoms with van der Waals surface area (Å²) in [4.78, 5) is 4.03. The van der Waals surface area contributed by atoms with Crippen molar-refractivity contribution >= 4 is 43.6 Å². The molecule has 0 amide bonds. The zero-order valence-electron chi connectivity index (χ0n) is 47.2. The number of aromatic nitrogens is 3. The van der Waals surface area contributed by atoms with Crippen LogP contribution in [0.4, 0.5) is 105 Å². The van der Waals surface area contributed by atoms with Gasteiger partial charge in [-0.1, -0.05) is 48.5 Å². The number of hydrogen-bond donors (Lipinski definition) is 0. The molecule has 9 aromatic carbocycles. The van der Waals surface area contributed by atoms with Crippen LogP contribution in [0.3, 0.4) is 0 Å². The van der Waals surface area contributed by atoms with Crippen LogP contribution in [0, 0.1) is 11.3 Å². The normalized spacial score (nSPS) is 13.2. The van der Waals surface area contributed by atoms with Crippen LogP contribution in [0.1, 0.15) is 50.1 Å². The molecule has 0 N–H and O–H groups in total. The highest BCUT2D eigenvalue weighted by atomic mass is 19.4. The van der Waals surface area contributed by atoms with Crippen molar-refractivity contribution in [1.82, 2.24) is 14.1 Å². The molecule has 0 saturated heterocycles. The number of nitriles is 1. The number of alkyl halides is 24. The van der Waals surface area contributed by atoms with Crippen LogP contribution >= 0.6 is 0 Å². The van der Waals surface area contributed by atoms with Gasteiger partial charge < -0.3 is 9.13 Å². The summed E-state index contributed by atoms with van der Waals surface area (Å²) in [7, 11) is 0. The molecule has 0 spiro atoms. The molecule has 3 heterocycles. The topological polar surface area (TPSA) is 46.5 Å². The molecule has 490 valence electrons. The van der Waals surface area contributed by atoms with E-state index in [4.69, 9.17) is 0 Å². The summed E-state index contributed by atoms with van der Waals surface area (Å²) in [5.74, 6) is 0. The number of pyridine rings is 1. The summed E-state index contributed by atoms with van der Waals surface area (Å²) in [6.07, 6.45) is -40.5. The molecule has 0 bridgehead atoms. The fraction of sp³-hybridized carbons (Fsp3) is 0.118. The molecule has 96 heavy (non-hydrogen) atoms. The quantitative estimate of drug-likeness (QED) is 0.149. The van der Waals surface area contributed by atoms with Crippen molar-refractivity contribution in [3.63, 3.8) is 0 Å². The first-order chi connectivity index (χ1) is 44.6. The van der Waals surface area contributed by atoms with Crippen LogP contribution in [0.15, 0.2) is 182 Å². The minimum atomic E-state index is -5.48. The first kappa shape index (κ1) is 65.6. The standard InChI is InChI=1S/C68H30F24N4/c69-61(70,71)38-5-9-42(51(27-38)65(81,82)83)33-1-13-55-46(21-33)47-22-34(43-10-6-39(62(72,73)74)28-52(43)66(84,85)86)2-14-56(47)95(55)59-25-37(32-17-19-94-20-18-32)26-60(50(59)31-93)96-57-15-3-35(44-11-7-40(63(75,76)77)29-53(44)67(87,88)89)23-48(57)49-24-36(4-16-58(49)96)45-12-8-41(64(78,79)80)30-54(45)68(90,91)92/h1-30H. The van der Waals surface area contributed by atoms with Gasteiger partial charge in [0.25, 0.3) is 0 Å². The van der Waals surface area contributed by atoms with E-state index < -0.39 is 144 Å². The monoisotopic (exact) mass is 1360 g/mol. The van der Waals surface area contributed by atoms with Crippen LogP contribution < -0.4 is 0 Å². The highest BCUT2D eigenvalue weighted by Crippen LogP contribution is 2.50. The third kappa shape index (κ3) is 11.8. The van der Waals surface area contributed by atoms with E-state index in [9.17, 15) is 111 Å². The number of fused-ring (bicyclic) bond motifs is 6. The largest absolute Gasteiger partial charge is 0.417 e. The molecule has 0 fully saturated rings. The van der Waals surface area contributed by atoms with Crippen molar-refractivity contribution in [2.75, 3.05) is 0 Å². The van der Waals surface area contributed by atoms with Crippen molar-refractivity contribution < 1.29 is 105 Å². The van der Waals surface area contributed by atoms with E-state index in [1.54, 1.807) is 0 Å². The Labute approximate surface area is 521 Å². The molecule has 4 nitrogen and oxygen atoms in total. The lowest BCUT2D eigenvalue weighted by Crippen LogP contribution is -2.12. The first-order valence-corrected chi connectivity index (χ1v) is 27.4. The van der Waals surface area contributed by atoms with E-state index in [1.165, 1.54) is 45.8 Å². The fourth-order valence-corrected chi connectivity index (χ4v) is 11.9. The third-order valence-corrected chi connectivity index (χ3v) is 16.1. The summed E-state index contributed by atoms with van der Waals surface area (Å²) < 4.78 is 349.